The second kappa shape index (κ2) is 9.88. The monoisotopic (exact) mass is 164 g/mol. The summed E-state index contributed by atoms with van der Waals surface area (Å²) in [6.07, 6.45) is 0.332. The Balaban J connectivity index is 0. The molecule has 0 amide bonds. The van der Waals surface area contributed by atoms with Crippen LogP contribution >= 0.6 is 0 Å². The van der Waals surface area contributed by atoms with Crippen LogP contribution in [0.4, 0.5) is 0 Å². The van der Waals surface area contributed by atoms with E-state index in [1.165, 1.54) is 0 Å². The first-order chi connectivity index (χ1) is 5.04. The molecule has 0 spiro atoms. The second-order valence-corrected chi connectivity index (χ2v) is 2.61. The van der Waals surface area contributed by atoms with Gasteiger partial charge in [-0.3, -0.25) is 0 Å². The van der Waals surface area contributed by atoms with Crippen molar-refractivity contribution >= 4 is 0 Å². The zero-order chi connectivity index (χ0) is 9.28. The lowest BCUT2D eigenvalue weighted by Crippen LogP contribution is -2.11. The lowest BCUT2D eigenvalue weighted by atomic mass is 10.3. The van der Waals surface area contributed by atoms with Gasteiger partial charge in [-0.25, -0.2) is 0 Å². The second-order valence-electron chi connectivity index (χ2n) is 2.61. The maximum absolute atomic E-state index is 8.73. The molecule has 0 aliphatic heterocycles. The average molecular weight is 164 g/mol. The fraction of sp³-hybridized carbons (Fsp3) is 1.00. The molecule has 0 aliphatic carbocycles. The number of aliphatic hydroxyl groups is 2. The Morgan fingerprint density at radius 1 is 1.27 bits per heavy atom. The van der Waals surface area contributed by atoms with Gasteiger partial charge in [0.1, 0.15) is 0 Å². The van der Waals surface area contributed by atoms with Gasteiger partial charge in [-0.15, -0.1) is 0 Å². The van der Waals surface area contributed by atoms with E-state index in [2.05, 4.69) is 4.74 Å². The van der Waals surface area contributed by atoms with Crippen LogP contribution in [0.3, 0.4) is 0 Å². The van der Waals surface area contributed by atoms with Crippen molar-refractivity contribution in [2.45, 2.75) is 39.4 Å². The van der Waals surface area contributed by atoms with Crippen molar-refractivity contribution in [3.05, 3.63) is 0 Å². The first-order valence-corrected chi connectivity index (χ1v) is 3.89. The highest BCUT2D eigenvalue weighted by atomic mass is 16.5. The van der Waals surface area contributed by atoms with Crippen molar-refractivity contribution < 1.29 is 14.9 Å². The molecule has 0 heterocycles. The first-order valence-electron chi connectivity index (χ1n) is 3.89. The summed E-state index contributed by atoms with van der Waals surface area (Å²) in [5.41, 5.74) is 0. The summed E-state index contributed by atoms with van der Waals surface area (Å²) < 4.78 is 4.64. The van der Waals surface area contributed by atoms with E-state index in [1.807, 2.05) is 6.92 Å². The van der Waals surface area contributed by atoms with Crippen molar-refractivity contribution in [3.63, 3.8) is 0 Å². The third kappa shape index (κ3) is 25.8. The lowest BCUT2D eigenvalue weighted by molar-refractivity contribution is 0.0625. The molecule has 0 radical (unpaired) electrons. The van der Waals surface area contributed by atoms with E-state index in [-0.39, 0.29) is 12.2 Å². The molecule has 0 saturated carbocycles. The van der Waals surface area contributed by atoms with Gasteiger partial charge in [-0.2, -0.15) is 0 Å². The molecule has 1 unspecified atom stereocenters. The zero-order valence-corrected chi connectivity index (χ0v) is 7.87. The standard InChI is InChI=1S/C5H12O2.C3H8O/c1-3-5(6)4-7-2;1-3(2)4/h5-6H,3-4H2,1-2H3;3-4H,1-2H3. The number of hydrogen-bond donors (Lipinski definition) is 2. The van der Waals surface area contributed by atoms with E-state index in [0.29, 0.717) is 6.61 Å². The minimum atomic E-state index is -0.273. The molecule has 0 aromatic heterocycles. The van der Waals surface area contributed by atoms with Crippen molar-refractivity contribution in [1.82, 2.24) is 0 Å². The molecule has 0 rings (SSSR count). The average Bonchev–Trinajstić information content (AvgIpc) is 1.87. The Bertz CT molecular complexity index is 61.6. The van der Waals surface area contributed by atoms with Crippen LogP contribution in [0.25, 0.3) is 0 Å². The van der Waals surface area contributed by atoms with Gasteiger partial charge >= 0.3 is 0 Å². The number of aliphatic hydroxyl groups excluding tert-OH is 2. The highest BCUT2D eigenvalue weighted by Crippen LogP contribution is 1.87. The number of methoxy groups -OCH3 is 1. The van der Waals surface area contributed by atoms with Gasteiger partial charge in [0.05, 0.1) is 12.7 Å². The largest absolute Gasteiger partial charge is 0.394 e. The summed E-state index contributed by atoms with van der Waals surface area (Å²) in [6.45, 7) is 5.82. The summed E-state index contributed by atoms with van der Waals surface area (Å²) in [4.78, 5) is 0. The van der Waals surface area contributed by atoms with Gasteiger partial charge in [0.25, 0.3) is 0 Å². The Labute approximate surface area is 69.0 Å². The zero-order valence-electron chi connectivity index (χ0n) is 7.87. The molecule has 70 valence electrons. The van der Waals surface area contributed by atoms with E-state index in [1.54, 1.807) is 21.0 Å². The molecular weight excluding hydrogens is 144 g/mol. The lowest BCUT2D eigenvalue weighted by Gasteiger charge is -2.02. The first kappa shape index (κ1) is 13.5. The van der Waals surface area contributed by atoms with Gasteiger partial charge in [0.2, 0.25) is 0 Å². The Hall–Kier alpha value is -0.120. The maximum Gasteiger partial charge on any atom is 0.0770 e. The Kier molecular flexibility index (Phi) is 12.1. The van der Waals surface area contributed by atoms with Gasteiger partial charge < -0.3 is 14.9 Å². The molecule has 0 aromatic carbocycles. The van der Waals surface area contributed by atoms with Crippen LogP contribution in [0.2, 0.25) is 0 Å². The van der Waals surface area contributed by atoms with Crippen LogP contribution in [0.1, 0.15) is 27.2 Å². The summed E-state index contributed by atoms with van der Waals surface area (Å²) in [5.74, 6) is 0. The molecule has 0 aliphatic rings. The van der Waals surface area contributed by atoms with Crippen molar-refractivity contribution in [2.75, 3.05) is 13.7 Å². The van der Waals surface area contributed by atoms with E-state index < -0.39 is 0 Å². The predicted molar refractivity (Wildman–Crippen MR) is 45.5 cm³/mol. The highest BCUT2D eigenvalue weighted by Gasteiger charge is 1.95. The van der Waals surface area contributed by atoms with Crippen LogP contribution in [-0.2, 0) is 4.74 Å². The summed E-state index contributed by atoms with van der Waals surface area (Å²) in [7, 11) is 1.58. The molecular formula is C8H20O3. The quantitative estimate of drug-likeness (QED) is 0.648. The number of ether oxygens (including phenoxy) is 1. The normalized spacial score (nSPS) is 12.3. The van der Waals surface area contributed by atoms with Crippen molar-refractivity contribution in [3.8, 4) is 0 Å². The number of hydrogen-bond acceptors (Lipinski definition) is 3. The predicted octanol–water partition coefficient (Wildman–Crippen LogP) is 0.791. The summed E-state index contributed by atoms with van der Waals surface area (Å²) in [6, 6.07) is 0. The minimum absolute atomic E-state index is 0.167. The third-order valence-electron chi connectivity index (χ3n) is 0.830. The van der Waals surface area contributed by atoms with Gasteiger partial charge in [0.15, 0.2) is 0 Å². The van der Waals surface area contributed by atoms with Crippen LogP contribution in [0.15, 0.2) is 0 Å². The topological polar surface area (TPSA) is 49.7 Å². The smallest absolute Gasteiger partial charge is 0.0770 e. The van der Waals surface area contributed by atoms with E-state index >= 15 is 0 Å². The fourth-order valence-corrected chi connectivity index (χ4v) is 0.310. The number of rotatable bonds is 3. The molecule has 2 N–H and O–H groups in total. The van der Waals surface area contributed by atoms with Crippen LogP contribution in [0, 0.1) is 0 Å². The highest BCUT2D eigenvalue weighted by molar-refractivity contribution is 4.45. The summed E-state index contributed by atoms with van der Waals surface area (Å²) >= 11 is 0. The third-order valence-corrected chi connectivity index (χ3v) is 0.830. The summed E-state index contributed by atoms with van der Waals surface area (Å²) in [5, 5.41) is 16.8. The maximum atomic E-state index is 8.73. The molecule has 0 aromatic rings. The molecule has 3 nitrogen and oxygen atoms in total. The molecule has 0 saturated heterocycles. The van der Waals surface area contributed by atoms with Crippen LogP contribution in [-0.4, -0.2) is 36.1 Å². The van der Waals surface area contributed by atoms with Crippen LogP contribution < -0.4 is 0 Å². The molecule has 0 fully saturated rings. The molecule has 1 atom stereocenters. The van der Waals surface area contributed by atoms with Crippen LogP contribution in [0.5, 0.6) is 0 Å². The Morgan fingerprint density at radius 3 is 1.73 bits per heavy atom. The fourth-order valence-electron chi connectivity index (χ4n) is 0.310. The van der Waals surface area contributed by atoms with Crippen molar-refractivity contribution in [1.29, 1.82) is 0 Å². The van der Waals surface area contributed by atoms with Crippen molar-refractivity contribution in [2.24, 2.45) is 0 Å². The van der Waals surface area contributed by atoms with Gasteiger partial charge in [0, 0.05) is 13.2 Å². The molecule has 3 heteroatoms. The minimum Gasteiger partial charge on any atom is -0.394 e. The Morgan fingerprint density at radius 2 is 1.64 bits per heavy atom. The van der Waals surface area contributed by atoms with Gasteiger partial charge in [-0.05, 0) is 20.3 Å². The van der Waals surface area contributed by atoms with Gasteiger partial charge in [-0.1, -0.05) is 6.92 Å². The van der Waals surface area contributed by atoms with E-state index in [4.69, 9.17) is 10.2 Å². The van der Waals surface area contributed by atoms with E-state index in [0.717, 1.165) is 6.42 Å². The molecule has 11 heavy (non-hydrogen) atoms. The SMILES string of the molecule is CC(C)O.CCC(O)COC. The van der Waals surface area contributed by atoms with E-state index in [9.17, 15) is 0 Å². The molecule has 0 bridgehead atoms.